The van der Waals surface area contributed by atoms with E-state index in [9.17, 15) is 9.59 Å². The van der Waals surface area contributed by atoms with E-state index in [1.54, 1.807) is 7.11 Å². The summed E-state index contributed by atoms with van der Waals surface area (Å²) in [4.78, 5) is 23.1. The number of rotatable bonds is 6. The molecular formula is C14H18N2O3. The number of amides is 2. The summed E-state index contributed by atoms with van der Waals surface area (Å²) in [5, 5.41) is 2.71. The van der Waals surface area contributed by atoms with Gasteiger partial charge in [0.15, 0.2) is 0 Å². The topological polar surface area (TPSA) is 81.4 Å². The molecule has 3 N–H and O–H groups in total. The molecule has 0 bridgehead atoms. The van der Waals surface area contributed by atoms with Crippen molar-refractivity contribution in [3.8, 4) is 5.75 Å². The third-order valence-electron chi connectivity index (χ3n) is 3.21. The molecule has 2 rings (SSSR count). The largest absolute Gasteiger partial charge is 0.497 e. The van der Waals surface area contributed by atoms with Crippen LogP contribution in [-0.2, 0) is 16.0 Å². The smallest absolute Gasteiger partial charge is 0.240 e. The van der Waals surface area contributed by atoms with E-state index in [2.05, 4.69) is 5.32 Å². The van der Waals surface area contributed by atoms with Crippen LogP contribution >= 0.6 is 0 Å². The van der Waals surface area contributed by atoms with Gasteiger partial charge in [0, 0.05) is 12.3 Å². The predicted molar refractivity (Wildman–Crippen MR) is 70.5 cm³/mol. The summed E-state index contributed by atoms with van der Waals surface area (Å²) in [5.74, 6) is 0.237. The third kappa shape index (κ3) is 3.71. The molecule has 0 unspecified atom stereocenters. The van der Waals surface area contributed by atoms with Gasteiger partial charge in [-0.2, -0.15) is 0 Å². The highest BCUT2D eigenvalue weighted by molar-refractivity contribution is 5.88. The first-order valence-electron chi connectivity index (χ1n) is 6.32. The van der Waals surface area contributed by atoms with E-state index < -0.39 is 11.9 Å². The Balaban J connectivity index is 1.98. The van der Waals surface area contributed by atoms with Crippen LogP contribution in [0.25, 0.3) is 0 Å². The molecule has 1 atom stereocenters. The molecule has 5 heteroatoms. The van der Waals surface area contributed by atoms with Crippen molar-refractivity contribution in [2.24, 2.45) is 11.7 Å². The van der Waals surface area contributed by atoms with E-state index in [1.807, 2.05) is 24.3 Å². The Kier molecular flexibility index (Phi) is 4.04. The second-order valence-electron chi connectivity index (χ2n) is 4.79. The summed E-state index contributed by atoms with van der Waals surface area (Å²) >= 11 is 0. The van der Waals surface area contributed by atoms with Gasteiger partial charge < -0.3 is 15.8 Å². The van der Waals surface area contributed by atoms with Crippen LogP contribution in [0.4, 0.5) is 0 Å². The van der Waals surface area contributed by atoms with Crippen molar-refractivity contribution in [1.29, 1.82) is 0 Å². The van der Waals surface area contributed by atoms with Gasteiger partial charge in [-0.05, 0) is 30.5 Å². The molecule has 0 heterocycles. The van der Waals surface area contributed by atoms with Gasteiger partial charge in [-0.1, -0.05) is 12.1 Å². The highest BCUT2D eigenvalue weighted by Crippen LogP contribution is 2.29. The maximum absolute atomic E-state index is 11.7. The van der Waals surface area contributed by atoms with Crippen LogP contribution in [0.15, 0.2) is 24.3 Å². The summed E-state index contributed by atoms with van der Waals surface area (Å²) in [6, 6.07) is 6.70. The van der Waals surface area contributed by atoms with Crippen LogP contribution in [0.1, 0.15) is 18.4 Å². The van der Waals surface area contributed by atoms with Crippen molar-refractivity contribution in [1.82, 2.24) is 5.32 Å². The highest BCUT2D eigenvalue weighted by atomic mass is 16.5. The molecule has 5 nitrogen and oxygen atoms in total. The number of ether oxygens (including phenoxy) is 1. The molecule has 1 aliphatic rings. The van der Waals surface area contributed by atoms with Crippen molar-refractivity contribution in [2.75, 3.05) is 7.11 Å². The van der Waals surface area contributed by atoms with Crippen LogP contribution in [-0.4, -0.2) is 25.0 Å². The molecule has 0 aliphatic heterocycles. The zero-order chi connectivity index (χ0) is 13.8. The van der Waals surface area contributed by atoms with Gasteiger partial charge in [-0.25, -0.2) is 0 Å². The Morgan fingerprint density at radius 1 is 1.37 bits per heavy atom. The molecule has 1 fully saturated rings. The third-order valence-corrected chi connectivity index (χ3v) is 3.21. The number of primary amides is 1. The second-order valence-corrected chi connectivity index (χ2v) is 4.79. The fraction of sp³-hybridized carbons (Fsp3) is 0.429. The van der Waals surface area contributed by atoms with E-state index >= 15 is 0 Å². The zero-order valence-corrected chi connectivity index (χ0v) is 10.9. The van der Waals surface area contributed by atoms with Gasteiger partial charge in [0.25, 0.3) is 0 Å². The van der Waals surface area contributed by atoms with Crippen molar-refractivity contribution in [2.45, 2.75) is 25.3 Å². The number of hydrogen-bond acceptors (Lipinski definition) is 3. The Morgan fingerprint density at radius 2 is 2.00 bits per heavy atom. The van der Waals surface area contributed by atoms with Crippen LogP contribution in [0, 0.1) is 5.92 Å². The minimum atomic E-state index is -0.651. The average Bonchev–Trinajstić information content (AvgIpc) is 3.23. The van der Waals surface area contributed by atoms with Crippen LogP contribution < -0.4 is 15.8 Å². The number of benzene rings is 1. The van der Waals surface area contributed by atoms with Crippen LogP contribution in [0.3, 0.4) is 0 Å². The fourth-order valence-corrected chi connectivity index (χ4v) is 1.86. The molecule has 0 saturated heterocycles. The van der Waals surface area contributed by atoms with Crippen molar-refractivity contribution in [3.63, 3.8) is 0 Å². The molecule has 2 amide bonds. The number of hydrogen-bond donors (Lipinski definition) is 2. The van der Waals surface area contributed by atoms with E-state index in [-0.39, 0.29) is 11.8 Å². The molecule has 1 saturated carbocycles. The molecular weight excluding hydrogens is 244 g/mol. The number of carbonyl (C=O) groups excluding carboxylic acids is 2. The fourth-order valence-electron chi connectivity index (χ4n) is 1.86. The normalized spacial score (nSPS) is 15.6. The molecule has 1 aromatic rings. The number of carbonyl (C=O) groups is 2. The minimum Gasteiger partial charge on any atom is -0.497 e. The molecule has 0 spiro atoms. The summed E-state index contributed by atoms with van der Waals surface area (Å²) in [6.07, 6.45) is 2.21. The molecule has 19 heavy (non-hydrogen) atoms. The van der Waals surface area contributed by atoms with Crippen molar-refractivity contribution >= 4 is 11.8 Å². The van der Waals surface area contributed by atoms with Gasteiger partial charge in [-0.3, -0.25) is 9.59 Å². The molecule has 0 radical (unpaired) electrons. The first-order chi connectivity index (χ1) is 9.10. The summed E-state index contributed by atoms with van der Waals surface area (Å²) < 4.78 is 5.06. The minimum absolute atomic E-state index is 0.0673. The number of nitrogens with one attached hydrogen (secondary N) is 1. The van der Waals surface area contributed by atoms with Gasteiger partial charge in [0.05, 0.1) is 7.11 Å². The molecule has 1 aromatic carbocycles. The van der Waals surface area contributed by atoms with E-state index in [0.717, 1.165) is 24.2 Å². The average molecular weight is 262 g/mol. The van der Waals surface area contributed by atoms with Crippen LogP contribution in [0.2, 0.25) is 0 Å². The zero-order valence-electron chi connectivity index (χ0n) is 10.9. The van der Waals surface area contributed by atoms with Gasteiger partial charge in [0.1, 0.15) is 11.8 Å². The lowest BCUT2D eigenvalue weighted by molar-refractivity contribution is -0.128. The number of methoxy groups -OCH3 is 1. The summed E-state index contributed by atoms with van der Waals surface area (Å²) in [5.41, 5.74) is 6.26. The van der Waals surface area contributed by atoms with E-state index in [0.29, 0.717) is 6.42 Å². The summed E-state index contributed by atoms with van der Waals surface area (Å²) in [7, 11) is 1.59. The van der Waals surface area contributed by atoms with Gasteiger partial charge >= 0.3 is 0 Å². The lowest BCUT2D eigenvalue weighted by Crippen LogP contribution is -2.46. The highest BCUT2D eigenvalue weighted by Gasteiger charge is 2.32. The Morgan fingerprint density at radius 3 is 2.47 bits per heavy atom. The Labute approximate surface area is 112 Å². The lowest BCUT2D eigenvalue weighted by atomic mass is 10.0. The first-order valence-corrected chi connectivity index (χ1v) is 6.32. The van der Waals surface area contributed by atoms with Crippen molar-refractivity contribution < 1.29 is 14.3 Å². The second kappa shape index (κ2) is 5.73. The van der Waals surface area contributed by atoms with Gasteiger partial charge in [0.2, 0.25) is 11.8 Å². The SMILES string of the molecule is COc1ccc(C[C@@H](NC(=O)C2CC2)C(N)=O)cc1. The molecule has 1 aliphatic carbocycles. The van der Waals surface area contributed by atoms with Crippen LogP contribution in [0.5, 0.6) is 5.75 Å². The molecule has 0 aromatic heterocycles. The maximum atomic E-state index is 11.7. The first kappa shape index (κ1) is 13.4. The lowest BCUT2D eigenvalue weighted by Gasteiger charge is -2.15. The predicted octanol–water partition coefficient (Wildman–Crippen LogP) is 0.618. The van der Waals surface area contributed by atoms with E-state index in [4.69, 9.17) is 10.5 Å². The standard InChI is InChI=1S/C14H18N2O3/c1-19-11-6-2-9(3-7-11)8-12(13(15)17)16-14(18)10-4-5-10/h2-3,6-7,10,12H,4-5,8H2,1H3,(H2,15,17)(H,16,18)/t12-/m1/s1. The quantitative estimate of drug-likeness (QED) is 0.788. The number of nitrogens with two attached hydrogens (primary N) is 1. The maximum Gasteiger partial charge on any atom is 0.240 e. The summed E-state index contributed by atoms with van der Waals surface area (Å²) in [6.45, 7) is 0. The van der Waals surface area contributed by atoms with E-state index in [1.165, 1.54) is 0 Å². The van der Waals surface area contributed by atoms with Crippen molar-refractivity contribution in [3.05, 3.63) is 29.8 Å². The Hall–Kier alpha value is -2.04. The Bertz CT molecular complexity index is 466. The van der Waals surface area contributed by atoms with Gasteiger partial charge in [-0.15, -0.1) is 0 Å². The monoisotopic (exact) mass is 262 g/mol. The molecule has 102 valence electrons.